The maximum atomic E-state index is 13.5. The molecule has 0 unspecified atom stereocenters. The molecule has 0 aliphatic heterocycles. The first-order valence-corrected chi connectivity index (χ1v) is 6.12. The Kier molecular flexibility index (Phi) is 5.79. The Labute approximate surface area is 120 Å². The summed E-state index contributed by atoms with van der Waals surface area (Å²) < 4.78 is 30.8. The molecule has 0 spiro atoms. The number of nitrogens with one attached hydrogen (secondary N) is 1. The Balaban J connectivity index is 2.90. The molecule has 7 heteroatoms. The second kappa shape index (κ2) is 7.33. The topological polar surface area (TPSA) is 79.2 Å². The molecule has 0 radical (unpaired) electrons. The number of esters is 1. The highest BCUT2D eigenvalue weighted by molar-refractivity contribution is 5.97. The van der Waals surface area contributed by atoms with Gasteiger partial charge in [-0.25, -0.2) is 13.6 Å². The first-order chi connectivity index (χ1) is 9.88. The number of methoxy groups -OCH3 is 1. The van der Waals surface area contributed by atoms with Crippen molar-refractivity contribution in [2.75, 3.05) is 7.11 Å². The Hall–Kier alpha value is -2.49. The van der Waals surface area contributed by atoms with Gasteiger partial charge in [-0.1, -0.05) is 0 Å². The van der Waals surface area contributed by atoms with Crippen LogP contribution in [0.3, 0.4) is 0 Å². The van der Waals surface area contributed by atoms with E-state index >= 15 is 0 Å². The number of benzene rings is 1. The third-order valence-electron chi connectivity index (χ3n) is 2.78. The minimum atomic E-state index is -1.08. The summed E-state index contributed by atoms with van der Waals surface area (Å²) in [7, 11) is 1.14. The molecule has 1 N–H and O–H groups in total. The molecule has 0 heterocycles. The number of ether oxygens (including phenoxy) is 1. The molecule has 1 aromatic rings. The van der Waals surface area contributed by atoms with Crippen LogP contribution in [0.5, 0.6) is 0 Å². The van der Waals surface area contributed by atoms with Crippen LogP contribution in [-0.4, -0.2) is 25.0 Å². The van der Waals surface area contributed by atoms with Gasteiger partial charge in [-0.05, 0) is 25.5 Å². The maximum Gasteiger partial charge on any atom is 0.328 e. The molecule has 0 saturated heterocycles. The summed E-state index contributed by atoms with van der Waals surface area (Å²) in [6, 6.07) is 3.32. The van der Waals surface area contributed by atoms with Crippen LogP contribution in [0, 0.1) is 28.9 Å². The lowest BCUT2D eigenvalue weighted by Gasteiger charge is -2.17. The molecular weight excluding hydrogens is 282 g/mol. The standard InChI is InChI=1S/C14H14F2N2O3/c1-8(7-17)5-12(14(20)21-2)18-13(19)10-4-3-9(15)6-11(10)16/h3-4,6,8,12H,5H2,1-2H3,(H,18,19)/t8-,12+/m0/s1. The summed E-state index contributed by atoms with van der Waals surface area (Å²) >= 11 is 0. The van der Waals surface area contributed by atoms with Crippen molar-refractivity contribution >= 4 is 11.9 Å². The van der Waals surface area contributed by atoms with E-state index in [0.29, 0.717) is 6.07 Å². The van der Waals surface area contributed by atoms with Crippen molar-refractivity contribution in [1.29, 1.82) is 5.26 Å². The molecule has 5 nitrogen and oxygen atoms in total. The summed E-state index contributed by atoms with van der Waals surface area (Å²) in [5.41, 5.74) is -0.394. The molecule has 21 heavy (non-hydrogen) atoms. The highest BCUT2D eigenvalue weighted by Crippen LogP contribution is 2.12. The zero-order valence-corrected chi connectivity index (χ0v) is 11.5. The van der Waals surface area contributed by atoms with Gasteiger partial charge >= 0.3 is 5.97 Å². The molecule has 112 valence electrons. The molecule has 1 aromatic carbocycles. The van der Waals surface area contributed by atoms with Crippen molar-refractivity contribution in [3.8, 4) is 6.07 Å². The van der Waals surface area contributed by atoms with Crippen LogP contribution < -0.4 is 5.32 Å². The average molecular weight is 296 g/mol. The highest BCUT2D eigenvalue weighted by Gasteiger charge is 2.25. The molecule has 0 aliphatic carbocycles. The minimum absolute atomic E-state index is 0.0255. The second-order valence-electron chi connectivity index (χ2n) is 4.44. The zero-order valence-electron chi connectivity index (χ0n) is 11.5. The lowest BCUT2D eigenvalue weighted by molar-refractivity contribution is -0.143. The molecule has 2 atom stereocenters. The SMILES string of the molecule is COC(=O)[C@@H](C[C@H](C)C#N)NC(=O)c1ccc(F)cc1F. The first-order valence-electron chi connectivity index (χ1n) is 6.12. The lowest BCUT2D eigenvalue weighted by atomic mass is 10.0. The molecule has 0 aliphatic rings. The van der Waals surface area contributed by atoms with Gasteiger partial charge in [0, 0.05) is 12.0 Å². The van der Waals surface area contributed by atoms with E-state index in [1.165, 1.54) is 0 Å². The quantitative estimate of drug-likeness (QED) is 0.840. The molecule has 1 amide bonds. The van der Waals surface area contributed by atoms with E-state index in [4.69, 9.17) is 5.26 Å². The van der Waals surface area contributed by atoms with E-state index in [1.54, 1.807) is 6.92 Å². The Bertz CT molecular complexity index is 584. The number of nitrogens with zero attached hydrogens (tertiary/aromatic N) is 1. The minimum Gasteiger partial charge on any atom is -0.467 e. The van der Waals surface area contributed by atoms with Crippen LogP contribution >= 0.6 is 0 Å². The fourth-order valence-corrected chi connectivity index (χ4v) is 1.67. The molecule has 0 saturated carbocycles. The van der Waals surface area contributed by atoms with E-state index in [9.17, 15) is 18.4 Å². The summed E-state index contributed by atoms with van der Waals surface area (Å²) in [4.78, 5) is 23.5. The largest absolute Gasteiger partial charge is 0.467 e. The van der Waals surface area contributed by atoms with Gasteiger partial charge in [-0.3, -0.25) is 4.79 Å². The van der Waals surface area contributed by atoms with Gasteiger partial charge in [-0.15, -0.1) is 0 Å². The molecular formula is C14H14F2N2O3. The number of hydrogen-bond acceptors (Lipinski definition) is 4. The summed E-state index contributed by atoms with van der Waals surface area (Å²) in [6.07, 6.45) is 0.0255. The normalized spacial score (nSPS) is 12.9. The predicted molar refractivity (Wildman–Crippen MR) is 69.0 cm³/mol. The predicted octanol–water partition coefficient (Wildman–Crippen LogP) is 1.79. The van der Waals surface area contributed by atoms with Gasteiger partial charge < -0.3 is 10.1 Å². The molecule has 0 fully saturated rings. The first kappa shape index (κ1) is 16.6. The van der Waals surface area contributed by atoms with Crippen molar-refractivity contribution < 1.29 is 23.1 Å². The van der Waals surface area contributed by atoms with Crippen molar-refractivity contribution in [3.63, 3.8) is 0 Å². The van der Waals surface area contributed by atoms with E-state index < -0.39 is 41.0 Å². The molecule has 1 rings (SSSR count). The van der Waals surface area contributed by atoms with E-state index in [2.05, 4.69) is 10.1 Å². The number of nitriles is 1. The fraction of sp³-hybridized carbons (Fsp3) is 0.357. The zero-order chi connectivity index (χ0) is 16.0. The van der Waals surface area contributed by atoms with E-state index in [-0.39, 0.29) is 6.42 Å². The van der Waals surface area contributed by atoms with Crippen molar-refractivity contribution in [2.45, 2.75) is 19.4 Å². The maximum absolute atomic E-state index is 13.5. The number of rotatable bonds is 5. The van der Waals surface area contributed by atoms with Gasteiger partial charge in [-0.2, -0.15) is 5.26 Å². The third-order valence-corrected chi connectivity index (χ3v) is 2.78. The van der Waals surface area contributed by atoms with Crippen molar-refractivity contribution in [2.24, 2.45) is 5.92 Å². The number of hydrogen-bond donors (Lipinski definition) is 1. The second-order valence-corrected chi connectivity index (χ2v) is 4.44. The van der Waals surface area contributed by atoms with E-state index in [0.717, 1.165) is 19.2 Å². The number of amides is 1. The molecule has 0 aromatic heterocycles. The summed E-state index contributed by atoms with van der Waals surface area (Å²) in [6.45, 7) is 1.57. The van der Waals surface area contributed by atoms with Gasteiger partial charge in [0.05, 0.1) is 18.7 Å². The average Bonchev–Trinajstić information content (AvgIpc) is 2.45. The van der Waals surface area contributed by atoms with Gasteiger partial charge in [0.25, 0.3) is 5.91 Å². The van der Waals surface area contributed by atoms with E-state index in [1.807, 2.05) is 6.07 Å². The highest BCUT2D eigenvalue weighted by atomic mass is 19.1. The van der Waals surface area contributed by atoms with Crippen LogP contribution in [0.25, 0.3) is 0 Å². The number of carbonyl (C=O) groups excluding carboxylic acids is 2. The van der Waals surface area contributed by atoms with Crippen LogP contribution in [0.2, 0.25) is 0 Å². The van der Waals surface area contributed by atoms with Crippen LogP contribution in [-0.2, 0) is 9.53 Å². The number of halogens is 2. The van der Waals surface area contributed by atoms with Crippen molar-refractivity contribution in [1.82, 2.24) is 5.32 Å². The van der Waals surface area contributed by atoms with Gasteiger partial charge in [0.1, 0.15) is 17.7 Å². The summed E-state index contributed by atoms with van der Waals surface area (Å²) in [5, 5.41) is 11.0. The number of carbonyl (C=O) groups is 2. The van der Waals surface area contributed by atoms with Crippen molar-refractivity contribution in [3.05, 3.63) is 35.4 Å². The van der Waals surface area contributed by atoms with Gasteiger partial charge in [0.15, 0.2) is 0 Å². The monoisotopic (exact) mass is 296 g/mol. The molecule has 0 bridgehead atoms. The van der Waals surface area contributed by atoms with Gasteiger partial charge in [0.2, 0.25) is 0 Å². The van der Waals surface area contributed by atoms with Crippen LogP contribution in [0.15, 0.2) is 18.2 Å². The third kappa shape index (κ3) is 4.53. The van der Waals surface area contributed by atoms with Crippen LogP contribution in [0.1, 0.15) is 23.7 Å². The smallest absolute Gasteiger partial charge is 0.328 e. The Morgan fingerprint density at radius 2 is 2.10 bits per heavy atom. The fourth-order valence-electron chi connectivity index (χ4n) is 1.67. The lowest BCUT2D eigenvalue weighted by Crippen LogP contribution is -2.42. The Morgan fingerprint density at radius 1 is 1.43 bits per heavy atom. The van der Waals surface area contributed by atoms with Crippen LogP contribution in [0.4, 0.5) is 8.78 Å². The summed E-state index contributed by atoms with van der Waals surface area (Å²) in [5.74, 6) is -3.98. The Morgan fingerprint density at radius 3 is 2.62 bits per heavy atom.